The van der Waals surface area contributed by atoms with Gasteiger partial charge in [-0.2, -0.15) is 26.3 Å². The highest BCUT2D eigenvalue weighted by Crippen LogP contribution is 2.42. The Bertz CT molecular complexity index is 1870. The molecular weight excluding hydrogens is 667 g/mol. The number of rotatable bonds is 7. The first-order chi connectivity index (χ1) is 22.5. The van der Waals surface area contributed by atoms with Crippen LogP contribution < -0.4 is 0 Å². The third-order valence-corrected chi connectivity index (χ3v) is 8.46. The molecule has 1 saturated heterocycles. The first-order valence-electron chi connectivity index (χ1n) is 14.2. The molecule has 0 unspecified atom stereocenters. The number of cyclic esters (lactones) is 1. The number of benzene rings is 3. The summed E-state index contributed by atoms with van der Waals surface area (Å²) in [5.74, 6) is -1.12. The fourth-order valence-electron chi connectivity index (χ4n) is 5.43. The molecule has 1 fully saturated rings. The third-order valence-electron chi connectivity index (χ3n) is 7.89. The second kappa shape index (κ2) is 13.1. The van der Waals surface area contributed by atoms with Gasteiger partial charge in [-0.25, -0.2) is 23.9 Å². The summed E-state index contributed by atoms with van der Waals surface area (Å²) >= 11 is 1.19. The lowest BCUT2D eigenvalue weighted by molar-refractivity contribution is -0.143. The molecule has 1 aliphatic heterocycles. The topological polar surface area (TPSA) is 81.6 Å². The number of amides is 1. The van der Waals surface area contributed by atoms with Crippen molar-refractivity contribution in [2.75, 3.05) is 13.4 Å². The summed E-state index contributed by atoms with van der Waals surface area (Å²) in [6.07, 6.45) is -9.41. The average molecular weight is 694 g/mol. The summed E-state index contributed by atoms with van der Waals surface area (Å²) in [5, 5.41) is 0.315. The van der Waals surface area contributed by atoms with E-state index in [0.717, 1.165) is 4.90 Å². The fraction of sp³-hybridized carbons (Fsp3) is 0.273. The van der Waals surface area contributed by atoms with Crippen LogP contribution in [0.1, 0.15) is 51.3 Å². The van der Waals surface area contributed by atoms with Crippen LogP contribution in [0.3, 0.4) is 0 Å². The van der Waals surface area contributed by atoms with Crippen LogP contribution in [0.4, 0.5) is 35.5 Å². The van der Waals surface area contributed by atoms with E-state index < -0.39 is 59.1 Å². The Labute approximate surface area is 274 Å². The lowest BCUT2D eigenvalue weighted by atomic mass is 9.94. The van der Waals surface area contributed by atoms with Gasteiger partial charge in [0.1, 0.15) is 11.9 Å². The Hall–Kier alpha value is -4.66. The van der Waals surface area contributed by atoms with E-state index in [4.69, 9.17) is 9.47 Å². The lowest BCUT2D eigenvalue weighted by Crippen LogP contribution is -2.32. The monoisotopic (exact) mass is 693 g/mol. The quantitative estimate of drug-likeness (QED) is 0.0828. The van der Waals surface area contributed by atoms with E-state index in [2.05, 4.69) is 9.97 Å². The standard InChI is InChI=1S/C33H26F7N3O4S/c1-16-9-19(29(44)46-3)5-7-23(16)24-12-18(6-8-26(24)34)25-14-41-30(48-4)42-27(25)15-43-17(2)28(47-31(43)45)20-10-21(32(35,36)37)13-22(11-20)33(38,39)40/h5-14,17,28H,15H2,1-4H3/t17-,28-/m0/s1. The number of halogens is 7. The number of carbonyl (C=O) groups excluding carboxylic acids is 2. The predicted molar refractivity (Wildman–Crippen MR) is 161 cm³/mol. The van der Waals surface area contributed by atoms with Crippen LogP contribution >= 0.6 is 11.8 Å². The van der Waals surface area contributed by atoms with Crippen LogP contribution in [0, 0.1) is 12.7 Å². The maximum absolute atomic E-state index is 15.2. The molecule has 1 amide bonds. The molecule has 2 atom stereocenters. The first kappa shape index (κ1) is 34.7. The number of esters is 1. The van der Waals surface area contributed by atoms with E-state index in [9.17, 15) is 35.9 Å². The molecule has 48 heavy (non-hydrogen) atoms. The molecule has 1 aliphatic rings. The minimum Gasteiger partial charge on any atom is -0.465 e. The Morgan fingerprint density at radius 2 is 1.62 bits per heavy atom. The van der Waals surface area contributed by atoms with Crippen LogP contribution in [-0.2, 0) is 28.4 Å². The third kappa shape index (κ3) is 6.96. The average Bonchev–Trinajstić information content (AvgIpc) is 3.32. The zero-order chi connectivity index (χ0) is 35.1. The molecule has 5 rings (SSSR count). The number of nitrogens with zero attached hydrogens (tertiary/aromatic N) is 3. The number of carbonyl (C=O) groups is 2. The summed E-state index contributed by atoms with van der Waals surface area (Å²) in [6, 6.07) is 8.98. The van der Waals surface area contributed by atoms with Gasteiger partial charge in [-0.3, -0.25) is 4.90 Å². The van der Waals surface area contributed by atoms with Crippen molar-refractivity contribution in [2.45, 2.75) is 50.0 Å². The lowest BCUT2D eigenvalue weighted by Gasteiger charge is -2.23. The predicted octanol–water partition coefficient (Wildman–Crippen LogP) is 8.89. The van der Waals surface area contributed by atoms with Gasteiger partial charge in [0.2, 0.25) is 0 Å². The highest BCUT2D eigenvalue weighted by Gasteiger charge is 2.43. The highest BCUT2D eigenvalue weighted by atomic mass is 32.2. The van der Waals surface area contributed by atoms with Gasteiger partial charge in [-0.05, 0) is 84.8 Å². The number of hydrogen-bond acceptors (Lipinski definition) is 7. The van der Waals surface area contributed by atoms with Crippen LogP contribution in [0.5, 0.6) is 0 Å². The van der Waals surface area contributed by atoms with Crippen molar-refractivity contribution in [2.24, 2.45) is 0 Å². The SMILES string of the molecule is COC(=O)c1ccc(-c2cc(-c3cnc(SC)nc3CN3C(=O)O[C@H](c4cc(C(F)(F)F)cc(C(F)(F)F)c4)[C@@H]3C)ccc2F)c(C)c1. The highest BCUT2D eigenvalue weighted by molar-refractivity contribution is 7.98. The van der Waals surface area contributed by atoms with Crippen molar-refractivity contribution in [1.82, 2.24) is 14.9 Å². The van der Waals surface area contributed by atoms with Gasteiger partial charge in [0.25, 0.3) is 0 Å². The summed E-state index contributed by atoms with van der Waals surface area (Å²) < 4.78 is 107. The Morgan fingerprint density at radius 3 is 2.21 bits per heavy atom. The molecule has 15 heteroatoms. The normalized spacial score (nSPS) is 16.6. The number of aromatic nitrogens is 2. The molecule has 2 heterocycles. The van der Waals surface area contributed by atoms with Gasteiger partial charge >= 0.3 is 24.4 Å². The molecule has 0 saturated carbocycles. The number of methoxy groups -OCH3 is 1. The van der Waals surface area contributed by atoms with Crippen molar-refractivity contribution in [3.8, 4) is 22.3 Å². The van der Waals surface area contributed by atoms with Crippen molar-refractivity contribution in [1.29, 1.82) is 0 Å². The van der Waals surface area contributed by atoms with Crippen molar-refractivity contribution in [3.05, 3.63) is 100 Å². The van der Waals surface area contributed by atoms with Crippen LogP contribution in [0.25, 0.3) is 22.3 Å². The smallest absolute Gasteiger partial charge is 0.416 e. The number of ether oxygens (including phenoxy) is 2. The first-order valence-corrected chi connectivity index (χ1v) is 15.4. The van der Waals surface area contributed by atoms with Crippen molar-refractivity contribution in [3.63, 3.8) is 0 Å². The molecule has 7 nitrogen and oxygen atoms in total. The van der Waals surface area contributed by atoms with Gasteiger partial charge in [-0.15, -0.1) is 0 Å². The van der Waals surface area contributed by atoms with Crippen molar-refractivity contribution < 1.29 is 49.8 Å². The largest absolute Gasteiger partial charge is 0.465 e. The Kier molecular flexibility index (Phi) is 9.46. The second-order valence-corrected chi connectivity index (χ2v) is 11.7. The second-order valence-electron chi connectivity index (χ2n) is 10.9. The Morgan fingerprint density at radius 1 is 0.958 bits per heavy atom. The molecule has 0 spiro atoms. The van der Waals surface area contributed by atoms with Gasteiger partial charge in [-0.1, -0.05) is 23.9 Å². The summed E-state index contributed by atoms with van der Waals surface area (Å²) in [5.41, 5.74) is -0.856. The van der Waals surface area contributed by atoms with Crippen molar-refractivity contribution >= 4 is 23.8 Å². The minimum absolute atomic E-state index is 0.00571. The van der Waals surface area contributed by atoms with E-state index in [1.54, 1.807) is 31.4 Å². The maximum Gasteiger partial charge on any atom is 0.416 e. The van der Waals surface area contributed by atoms with Gasteiger partial charge in [0, 0.05) is 17.3 Å². The molecule has 0 aliphatic carbocycles. The Balaban J connectivity index is 1.52. The van der Waals surface area contributed by atoms with Crippen LogP contribution in [0.2, 0.25) is 0 Å². The number of aryl methyl sites for hydroxylation is 1. The minimum atomic E-state index is -5.08. The molecule has 0 bridgehead atoms. The molecule has 4 aromatic rings. The molecule has 3 aromatic carbocycles. The number of thioether (sulfide) groups is 1. The van der Waals surface area contributed by atoms with E-state index in [0.29, 0.717) is 39.5 Å². The van der Waals surface area contributed by atoms with Crippen LogP contribution in [0.15, 0.2) is 66.0 Å². The fourth-order valence-corrected chi connectivity index (χ4v) is 5.79. The molecule has 0 N–H and O–H groups in total. The number of alkyl halides is 6. The zero-order valence-corrected chi connectivity index (χ0v) is 26.5. The molecule has 252 valence electrons. The number of hydrogen-bond donors (Lipinski definition) is 0. The van der Waals surface area contributed by atoms with Gasteiger partial charge in [0.15, 0.2) is 5.16 Å². The van der Waals surface area contributed by atoms with E-state index in [1.165, 1.54) is 50.2 Å². The van der Waals surface area contributed by atoms with Gasteiger partial charge < -0.3 is 9.47 Å². The van der Waals surface area contributed by atoms with Gasteiger partial charge in [0.05, 0.1) is 42.1 Å². The summed E-state index contributed by atoms with van der Waals surface area (Å²) in [7, 11) is 1.24. The molecule has 0 radical (unpaired) electrons. The maximum atomic E-state index is 15.2. The molecule has 1 aromatic heterocycles. The van der Waals surface area contributed by atoms with E-state index in [-0.39, 0.29) is 29.4 Å². The molecular formula is C33H26F7N3O4S. The zero-order valence-electron chi connectivity index (χ0n) is 25.7. The summed E-state index contributed by atoms with van der Waals surface area (Å²) in [6.45, 7) is 2.89. The summed E-state index contributed by atoms with van der Waals surface area (Å²) in [4.78, 5) is 35.1. The van der Waals surface area contributed by atoms with Crippen LogP contribution in [-0.4, -0.2) is 46.3 Å². The van der Waals surface area contributed by atoms with E-state index in [1.807, 2.05) is 0 Å². The van der Waals surface area contributed by atoms with E-state index >= 15 is 4.39 Å².